The van der Waals surface area contributed by atoms with Gasteiger partial charge in [-0.05, 0) is 27.7 Å². The summed E-state index contributed by atoms with van der Waals surface area (Å²) in [5, 5.41) is 22.7. The van der Waals surface area contributed by atoms with E-state index in [4.69, 9.17) is 0 Å². The van der Waals surface area contributed by atoms with E-state index in [9.17, 15) is 14.7 Å². The van der Waals surface area contributed by atoms with Crippen LogP contribution in [0.1, 0.15) is 53.2 Å². The molecule has 0 aliphatic carbocycles. The molecule has 0 fully saturated rings. The summed E-state index contributed by atoms with van der Waals surface area (Å²) in [5.41, 5.74) is 1.95. The van der Waals surface area contributed by atoms with Crippen molar-refractivity contribution in [2.45, 2.75) is 39.8 Å². The van der Waals surface area contributed by atoms with Crippen LogP contribution in [-0.4, -0.2) is 37.0 Å². The van der Waals surface area contributed by atoms with Gasteiger partial charge in [-0.1, -0.05) is 0 Å². The van der Waals surface area contributed by atoms with E-state index in [1.807, 2.05) is 13.8 Å². The number of hydrogen-bond donors (Lipinski definition) is 3. The number of rotatable bonds is 5. The molecule has 2 heterocycles. The van der Waals surface area contributed by atoms with Gasteiger partial charge in [0.05, 0.1) is 17.5 Å². The molecule has 1 atom stereocenters. The van der Waals surface area contributed by atoms with E-state index in [-0.39, 0.29) is 6.04 Å². The molecular weight excluding hydrogens is 286 g/mol. The van der Waals surface area contributed by atoms with Crippen LogP contribution in [0.25, 0.3) is 0 Å². The van der Waals surface area contributed by atoms with Crippen LogP contribution >= 0.6 is 0 Å². The minimum atomic E-state index is -1.16. The third kappa shape index (κ3) is 3.00. The molecular formula is C14H19N5O3. The molecule has 0 aliphatic heterocycles. The number of aliphatic carboxylic acids is 1. The van der Waals surface area contributed by atoms with Crippen LogP contribution in [0.2, 0.25) is 0 Å². The van der Waals surface area contributed by atoms with Crippen molar-refractivity contribution in [3.8, 4) is 0 Å². The molecule has 118 valence electrons. The zero-order valence-corrected chi connectivity index (χ0v) is 12.9. The maximum Gasteiger partial charge on any atom is 0.331 e. The second-order valence-electron chi connectivity index (χ2n) is 5.40. The van der Waals surface area contributed by atoms with Gasteiger partial charge in [-0.2, -0.15) is 10.2 Å². The monoisotopic (exact) mass is 305 g/mol. The number of nitrogens with zero attached hydrogens (tertiary/aromatic N) is 3. The van der Waals surface area contributed by atoms with E-state index in [1.54, 1.807) is 24.7 Å². The van der Waals surface area contributed by atoms with E-state index >= 15 is 0 Å². The van der Waals surface area contributed by atoms with Crippen molar-refractivity contribution in [2.75, 3.05) is 0 Å². The SMILES string of the molecule is Cc1n[nH]c(C)c1[C@@H](NC(=O)c1cnn(C(C)C)c1)C(=O)O. The van der Waals surface area contributed by atoms with Crippen molar-refractivity contribution in [1.82, 2.24) is 25.3 Å². The van der Waals surface area contributed by atoms with Crippen LogP contribution in [0.4, 0.5) is 0 Å². The smallest absolute Gasteiger partial charge is 0.331 e. The molecule has 3 N–H and O–H groups in total. The molecule has 0 unspecified atom stereocenters. The highest BCUT2D eigenvalue weighted by Gasteiger charge is 2.28. The Morgan fingerprint density at radius 3 is 2.50 bits per heavy atom. The lowest BCUT2D eigenvalue weighted by Gasteiger charge is -2.14. The first-order valence-corrected chi connectivity index (χ1v) is 6.90. The summed E-state index contributed by atoms with van der Waals surface area (Å²) in [7, 11) is 0. The van der Waals surface area contributed by atoms with Gasteiger partial charge in [0.25, 0.3) is 5.91 Å². The molecule has 0 radical (unpaired) electrons. The highest BCUT2D eigenvalue weighted by molar-refractivity contribution is 5.96. The van der Waals surface area contributed by atoms with Gasteiger partial charge in [0.1, 0.15) is 0 Å². The van der Waals surface area contributed by atoms with Crippen molar-refractivity contribution in [3.63, 3.8) is 0 Å². The first kappa shape index (κ1) is 15.7. The van der Waals surface area contributed by atoms with Crippen LogP contribution in [0.5, 0.6) is 0 Å². The molecule has 2 rings (SSSR count). The standard InChI is InChI=1S/C14H19N5O3/c1-7(2)19-6-10(5-15-19)13(20)16-12(14(21)22)11-8(3)17-18-9(11)4/h5-7,12H,1-4H3,(H,16,20)(H,17,18)(H,21,22)/t12-/m1/s1. The number of H-pyrrole nitrogens is 1. The number of carbonyl (C=O) groups excluding carboxylic acids is 1. The highest BCUT2D eigenvalue weighted by Crippen LogP contribution is 2.20. The van der Waals surface area contributed by atoms with Gasteiger partial charge in [0.15, 0.2) is 6.04 Å². The summed E-state index contributed by atoms with van der Waals surface area (Å²) >= 11 is 0. The Bertz CT molecular complexity index is 682. The molecule has 8 heteroatoms. The van der Waals surface area contributed by atoms with Gasteiger partial charge in [0.2, 0.25) is 0 Å². The number of amides is 1. The van der Waals surface area contributed by atoms with E-state index in [2.05, 4.69) is 20.6 Å². The van der Waals surface area contributed by atoms with Crippen molar-refractivity contribution in [1.29, 1.82) is 0 Å². The molecule has 0 aliphatic rings. The van der Waals surface area contributed by atoms with Crippen LogP contribution < -0.4 is 5.32 Å². The molecule has 0 spiro atoms. The summed E-state index contributed by atoms with van der Waals surface area (Å²) < 4.78 is 1.64. The maximum atomic E-state index is 12.3. The lowest BCUT2D eigenvalue weighted by atomic mass is 10.0. The maximum absolute atomic E-state index is 12.3. The Labute approximate surface area is 127 Å². The van der Waals surface area contributed by atoms with Gasteiger partial charge in [0, 0.05) is 23.5 Å². The largest absolute Gasteiger partial charge is 0.479 e. The fourth-order valence-electron chi connectivity index (χ4n) is 2.19. The van der Waals surface area contributed by atoms with Crippen LogP contribution in [0.15, 0.2) is 12.4 Å². The summed E-state index contributed by atoms with van der Waals surface area (Å²) in [6.45, 7) is 7.28. The second kappa shape index (κ2) is 6.00. The first-order valence-electron chi connectivity index (χ1n) is 6.90. The lowest BCUT2D eigenvalue weighted by Crippen LogP contribution is -2.34. The Balaban J connectivity index is 2.24. The van der Waals surface area contributed by atoms with E-state index in [1.165, 1.54) is 6.20 Å². The molecule has 8 nitrogen and oxygen atoms in total. The predicted molar refractivity (Wildman–Crippen MR) is 78.5 cm³/mol. The molecule has 2 aromatic heterocycles. The van der Waals surface area contributed by atoms with Crippen LogP contribution in [-0.2, 0) is 4.79 Å². The number of carbonyl (C=O) groups is 2. The summed E-state index contributed by atoms with van der Waals surface area (Å²) in [6, 6.07) is -1.04. The molecule has 0 bridgehead atoms. The fourth-order valence-corrected chi connectivity index (χ4v) is 2.19. The van der Waals surface area contributed by atoms with Gasteiger partial charge in [-0.3, -0.25) is 14.6 Å². The summed E-state index contributed by atoms with van der Waals surface area (Å²) in [5.74, 6) is -1.63. The summed E-state index contributed by atoms with van der Waals surface area (Å²) in [6.07, 6.45) is 3.01. The molecule has 22 heavy (non-hydrogen) atoms. The van der Waals surface area contributed by atoms with Gasteiger partial charge >= 0.3 is 5.97 Å². The third-order valence-corrected chi connectivity index (χ3v) is 3.39. The average molecular weight is 305 g/mol. The van der Waals surface area contributed by atoms with Crippen molar-refractivity contribution < 1.29 is 14.7 Å². The average Bonchev–Trinajstić information content (AvgIpc) is 3.04. The number of carboxylic acids is 1. The molecule has 1 amide bonds. The number of aryl methyl sites for hydroxylation is 2. The topological polar surface area (TPSA) is 113 Å². The molecule has 0 saturated heterocycles. The number of nitrogens with one attached hydrogen (secondary N) is 2. The molecule has 0 saturated carbocycles. The Morgan fingerprint density at radius 2 is 2.05 bits per heavy atom. The normalized spacial score (nSPS) is 12.4. The highest BCUT2D eigenvalue weighted by atomic mass is 16.4. The van der Waals surface area contributed by atoms with E-state index in [0.717, 1.165) is 0 Å². The Kier molecular flexibility index (Phi) is 4.30. The molecule has 0 aromatic carbocycles. The zero-order valence-electron chi connectivity index (χ0n) is 12.9. The minimum Gasteiger partial charge on any atom is -0.479 e. The predicted octanol–water partition coefficient (Wildman–Crippen LogP) is 1.36. The van der Waals surface area contributed by atoms with Crippen molar-refractivity contribution in [3.05, 3.63) is 34.9 Å². The first-order chi connectivity index (χ1) is 10.3. The minimum absolute atomic E-state index is 0.121. The van der Waals surface area contributed by atoms with E-state index < -0.39 is 17.9 Å². The summed E-state index contributed by atoms with van der Waals surface area (Å²) in [4.78, 5) is 23.8. The van der Waals surface area contributed by atoms with Crippen molar-refractivity contribution >= 4 is 11.9 Å². The van der Waals surface area contributed by atoms with Crippen LogP contribution in [0, 0.1) is 13.8 Å². The van der Waals surface area contributed by atoms with Crippen molar-refractivity contribution in [2.24, 2.45) is 0 Å². The van der Waals surface area contributed by atoms with E-state index in [0.29, 0.717) is 22.5 Å². The third-order valence-electron chi connectivity index (χ3n) is 3.39. The van der Waals surface area contributed by atoms with Crippen LogP contribution in [0.3, 0.4) is 0 Å². The second-order valence-corrected chi connectivity index (χ2v) is 5.40. The Hall–Kier alpha value is -2.64. The Morgan fingerprint density at radius 1 is 1.36 bits per heavy atom. The zero-order chi connectivity index (χ0) is 16.4. The number of hydrogen-bond acceptors (Lipinski definition) is 4. The van der Waals surface area contributed by atoms with Gasteiger partial charge < -0.3 is 10.4 Å². The fraction of sp³-hybridized carbons (Fsp3) is 0.429. The number of carboxylic acid groups (broad SMARTS) is 1. The quantitative estimate of drug-likeness (QED) is 0.772. The molecule has 2 aromatic rings. The number of aromatic nitrogens is 4. The van der Waals surface area contributed by atoms with Gasteiger partial charge in [-0.15, -0.1) is 0 Å². The lowest BCUT2D eigenvalue weighted by molar-refractivity contribution is -0.139. The number of aromatic amines is 1. The van der Waals surface area contributed by atoms with Gasteiger partial charge in [-0.25, -0.2) is 4.79 Å².